The fourth-order valence-corrected chi connectivity index (χ4v) is 6.07. The smallest absolute Gasteiger partial charge is 0.209 e. The van der Waals surface area contributed by atoms with Crippen LogP contribution in [-0.2, 0) is 23.7 Å². The second-order valence-electron chi connectivity index (χ2n) is 11.5. The van der Waals surface area contributed by atoms with Gasteiger partial charge in [0.25, 0.3) is 0 Å². The van der Waals surface area contributed by atoms with Crippen LogP contribution in [0.25, 0.3) is 16.5 Å². The van der Waals surface area contributed by atoms with E-state index in [1.807, 2.05) is 74.1 Å². The van der Waals surface area contributed by atoms with E-state index in [-0.39, 0.29) is 23.1 Å². The maximum Gasteiger partial charge on any atom is 0.209 e. The van der Waals surface area contributed by atoms with Gasteiger partial charge in [-0.25, -0.2) is 0 Å². The van der Waals surface area contributed by atoms with E-state index in [1.165, 1.54) is 11.1 Å². The van der Waals surface area contributed by atoms with Gasteiger partial charge in [-0.2, -0.15) is 4.58 Å². The van der Waals surface area contributed by atoms with Gasteiger partial charge in [-0.05, 0) is 51.5 Å². The Morgan fingerprint density at radius 2 is 1.70 bits per heavy atom. The molecule has 0 bridgehead atoms. The fraction of sp³-hybridized carbons (Fsp3) is 0.257. The van der Waals surface area contributed by atoms with Crippen molar-refractivity contribution >= 4 is 33.7 Å². The Bertz CT molecular complexity index is 1750. The number of hydrogen-bond donors (Lipinski definition) is 1. The zero-order valence-corrected chi connectivity index (χ0v) is 23.7. The Morgan fingerprint density at radius 3 is 2.42 bits per heavy atom. The van der Waals surface area contributed by atoms with E-state index in [0.717, 1.165) is 46.6 Å². The lowest BCUT2D eigenvalue weighted by Gasteiger charge is -2.22. The zero-order valence-electron chi connectivity index (χ0n) is 23.7. The summed E-state index contributed by atoms with van der Waals surface area (Å²) in [6.07, 6.45) is 4.80. The van der Waals surface area contributed by atoms with Gasteiger partial charge >= 0.3 is 0 Å². The maximum atomic E-state index is 13.6. The Kier molecular flexibility index (Phi) is 6.25. The van der Waals surface area contributed by atoms with Gasteiger partial charge in [-0.15, -0.1) is 0 Å². The molecule has 3 aromatic carbocycles. The number of hydrogen-bond acceptors (Lipinski definition) is 3. The molecule has 5 nitrogen and oxygen atoms in total. The number of aryl methyl sites for hydroxylation is 1. The normalized spacial score (nSPS) is 17.2. The lowest BCUT2D eigenvalue weighted by molar-refractivity contribution is -0.436. The lowest BCUT2D eigenvalue weighted by Crippen LogP contribution is -2.31. The summed E-state index contributed by atoms with van der Waals surface area (Å²) in [5.74, 6) is 0.825. The summed E-state index contributed by atoms with van der Waals surface area (Å²) in [5, 5.41) is 12.2. The van der Waals surface area contributed by atoms with Gasteiger partial charge in [-0.3, -0.25) is 4.79 Å². The van der Waals surface area contributed by atoms with E-state index in [4.69, 9.17) is 4.74 Å². The Balaban J connectivity index is 1.38. The summed E-state index contributed by atoms with van der Waals surface area (Å²) >= 11 is 0. The SMILES string of the molecule is CC(C)Oc1ccc(CC[N+]2=C(/C=C3\C(=O)C(c4cn(C)c5ccccc45)=C3O)C(C)(C)c3ccccc32)cc1. The van der Waals surface area contributed by atoms with E-state index in [1.54, 1.807) is 0 Å². The Hall–Kier alpha value is -4.38. The topological polar surface area (TPSA) is 54.5 Å². The number of aliphatic hydroxyl groups excluding tert-OH is 1. The van der Waals surface area contributed by atoms with Gasteiger partial charge in [0.1, 0.15) is 11.5 Å². The number of nitrogens with zero attached hydrogens (tertiary/aromatic N) is 2. The quantitative estimate of drug-likeness (QED) is 0.205. The predicted molar refractivity (Wildman–Crippen MR) is 161 cm³/mol. The first kappa shape index (κ1) is 25.9. The van der Waals surface area contributed by atoms with Gasteiger partial charge in [-0.1, -0.05) is 48.5 Å². The number of benzene rings is 3. The fourth-order valence-electron chi connectivity index (χ4n) is 6.07. The van der Waals surface area contributed by atoms with Crippen molar-refractivity contribution in [3.8, 4) is 5.75 Å². The molecule has 1 aliphatic heterocycles. The molecule has 2 aliphatic rings. The molecule has 40 heavy (non-hydrogen) atoms. The average Bonchev–Trinajstić information content (AvgIpc) is 3.37. The summed E-state index contributed by atoms with van der Waals surface area (Å²) in [4.78, 5) is 13.6. The predicted octanol–water partition coefficient (Wildman–Crippen LogP) is 7.06. The van der Waals surface area contributed by atoms with Crippen molar-refractivity contribution in [3.63, 3.8) is 0 Å². The Morgan fingerprint density at radius 1 is 1.00 bits per heavy atom. The third-order valence-corrected chi connectivity index (χ3v) is 8.13. The molecule has 0 unspecified atom stereocenters. The van der Waals surface area contributed by atoms with Gasteiger partial charge < -0.3 is 14.4 Å². The van der Waals surface area contributed by atoms with Crippen molar-refractivity contribution in [2.24, 2.45) is 7.05 Å². The molecule has 1 aromatic heterocycles. The third-order valence-electron chi connectivity index (χ3n) is 8.13. The van der Waals surface area contributed by atoms with E-state index >= 15 is 0 Å². The van der Waals surface area contributed by atoms with Gasteiger partial charge in [0, 0.05) is 53.8 Å². The molecule has 5 heteroatoms. The van der Waals surface area contributed by atoms with Crippen LogP contribution in [0.15, 0.2) is 96.4 Å². The number of Topliss-reactive ketones (excluding diaryl/α,β-unsaturated/α-hetero) is 1. The first-order chi connectivity index (χ1) is 19.2. The molecule has 0 saturated heterocycles. The standard InChI is InChI=1S/C35H34N2O3/c1-22(2)40-24-16-14-23(15-17-24)18-19-37-30-13-9-7-11-28(30)35(3,4)31(37)20-26-33(38)32(34(26)39)27-21-36(5)29-12-8-6-10-25(27)29/h6-17,20-22H,18-19H2,1-5H3/p+1. The van der Waals surface area contributed by atoms with Crippen molar-refractivity contribution < 1.29 is 19.2 Å². The molecular weight excluding hydrogens is 496 g/mol. The van der Waals surface area contributed by atoms with E-state index in [0.29, 0.717) is 11.1 Å². The number of aliphatic hydroxyl groups is 1. The molecular formula is C35H35N2O3+. The van der Waals surface area contributed by atoms with Crippen LogP contribution < -0.4 is 4.74 Å². The van der Waals surface area contributed by atoms with E-state index in [2.05, 4.69) is 54.8 Å². The highest BCUT2D eigenvalue weighted by molar-refractivity contribution is 6.41. The van der Waals surface area contributed by atoms with Gasteiger partial charge in [0.15, 0.2) is 12.3 Å². The minimum atomic E-state index is -0.325. The molecule has 4 aromatic rings. The molecule has 0 spiro atoms. The lowest BCUT2D eigenvalue weighted by atomic mass is 9.77. The first-order valence-electron chi connectivity index (χ1n) is 13.9. The average molecular weight is 532 g/mol. The molecule has 1 N–H and O–H groups in total. The first-order valence-corrected chi connectivity index (χ1v) is 13.9. The van der Waals surface area contributed by atoms with Crippen molar-refractivity contribution in [1.82, 2.24) is 4.57 Å². The Labute approximate surface area is 235 Å². The van der Waals surface area contributed by atoms with Crippen molar-refractivity contribution in [2.75, 3.05) is 6.54 Å². The van der Waals surface area contributed by atoms with Crippen LogP contribution in [-0.4, -0.2) is 38.4 Å². The van der Waals surface area contributed by atoms with Gasteiger partial charge in [0.2, 0.25) is 11.5 Å². The molecule has 0 radical (unpaired) electrons. The second kappa shape index (κ2) is 9.67. The number of carbonyl (C=O) groups excluding carboxylic acids is 1. The number of aromatic nitrogens is 1. The van der Waals surface area contributed by atoms with Crippen LogP contribution in [0.2, 0.25) is 0 Å². The highest BCUT2D eigenvalue weighted by Crippen LogP contribution is 2.43. The summed E-state index contributed by atoms with van der Waals surface area (Å²) < 4.78 is 10.1. The molecule has 0 saturated carbocycles. The van der Waals surface area contributed by atoms with E-state index < -0.39 is 0 Å². The molecule has 2 heterocycles. The van der Waals surface area contributed by atoms with Crippen molar-refractivity contribution in [1.29, 1.82) is 0 Å². The van der Waals surface area contributed by atoms with E-state index in [9.17, 15) is 9.90 Å². The molecule has 202 valence electrons. The molecule has 1 aliphatic carbocycles. The molecule has 0 atom stereocenters. The minimum Gasteiger partial charge on any atom is -0.506 e. The van der Waals surface area contributed by atoms with Crippen LogP contribution in [0.4, 0.5) is 5.69 Å². The summed E-state index contributed by atoms with van der Waals surface area (Å²) in [7, 11) is 1.96. The third kappa shape index (κ3) is 4.17. The zero-order chi connectivity index (χ0) is 28.2. The molecule has 6 rings (SSSR count). The van der Waals surface area contributed by atoms with Crippen LogP contribution >= 0.6 is 0 Å². The summed E-state index contributed by atoms with van der Waals surface area (Å²) in [6, 6.07) is 24.6. The van der Waals surface area contributed by atoms with Crippen molar-refractivity contribution in [2.45, 2.75) is 45.6 Å². The largest absolute Gasteiger partial charge is 0.506 e. The van der Waals surface area contributed by atoms with Crippen molar-refractivity contribution in [3.05, 3.63) is 113 Å². The van der Waals surface area contributed by atoms with Crippen LogP contribution in [0, 0.1) is 0 Å². The minimum absolute atomic E-state index is 0.0706. The van der Waals surface area contributed by atoms with Crippen LogP contribution in [0.1, 0.15) is 44.4 Å². The second-order valence-corrected chi connectivity index (χ2v) is 11.5. The molecule has 0 amide bonds. The highest BCUT2D eigenvalue weighted by atomic mass is 16.5. The van der Waals surface area contributed by atoms with Gasteiger partial charge in [0.05, 0.1) is 22.7 Å². The monoisotopic (exact) mass is 531 g/mol. The number of ketones is 1. The number of para-hydroxylation sites is 2. The summed E-state index contributed by atoms with van der Waals surface area (Å²) in [6.45, 7) is 9.17. The van der Waals surface area contributed by atoms with Crippen LogP contribution in [0.5, 0.6) is 5.75 Å². The number of ether oxygens (including phenoxy) is 1. The number of rotatable bonds is 7. The molecule has 0 fully saturated rings. The highest BCUT2D eigenvalue weighted by Gasteiger charge is 2.46. The maximum absolute atomic E-state index is 13.6. The number of allylic oxidation sites excluding steroid dienone is 3. The number of fused-ring (bicyclic) bond motifs is 2. The van der Waals surface area contributed by atoms with Crippen LogP contribution in [0.3, 0.4) is 0 Å². The summed E-state index contributed by atoms with van der Waals surface area (Å²) in [5.41, 5.74) is 6.83. The number of carbonyl (C=O) groups is 1.